The third-order valence-corrected chi connectivity index (χ3v) is 4.97. The molecule has 0 saturated carbocycles. The van der Waals surface area contributed by atoms with Gasteiger partial charge in [-0.3, -0.25) is 4.72 Å². The highest BCUT2D eigenvalue weighted by Crippen LogP contribution is 2.30. The lowest BCUT2D eigenvalue weighted by molar-refractivity contribution is -0.137. The number of alkyl halides is 3. The average Bonchev–Trinajstić information content (AvgIpc) is 2.62. The summed E-state index contributed by atoms with van der Waals surface area (Å²) in [5.74, 6) is 1.06. The Morgan fingerprint density at radius 1 is 0.741 bits per heavy atom. The first-order chi connectivity index (χ1) is 12.7. The van der Waals surface area contributed by atoms with Crippen LogP contribution in [0.4, 0.5) is 18.9 Å². The van der Waals surface area contributed by atoms with Crippen LogP contribution in [0.25, 0.3) is 0 Å². The smallest absolute Gasteiger partial charge is 0.416 e. The molecule has 0 saturated heterocycles. The maximum absolute atomic E-state index is 12.6. The van der Waals surface area contributed by atoms with Crippen LogP contribution in [-0.4, -0.2) is 8.42 Å². The van der Waals surface area contributed by atoms with E-state index >= 15 is 0 Å². The number of hydrogen-bond acceptors (Lipinski definition) is 3. The van der Waals surface area contributed by atoms with Crippen LogP contribution in [0, 0.1) is 0 Å². The summed E-state index contributed by atoms with van der Waals surface area (Å²) in [5.41, 5.74) is -0.819. The molecule has 0 aliphatic rings. The lowest BCUT2D eigenvalue weighted by Crippen LogP contribution is -2.13. The van der Waals surface area contributed by atoms with Gasteiger partial charge in [0.25, 0.3) is 10.0 Å². The average molecular weight is 393 g/mol. The van der Waals surface area contributed by atoms with E-state index in [-0.39, 0.29) is 10.6 Å². The SMILES string of the molecule is O=S(=O)(Nc1ccc(C(F)(F)F)cc1)c1ccc(Oc2ccccc2)cc1. The first kappa shape index (κ1) is 18.8. The fraction of sp³-hybridized carbons (Fsp3) is 0.0526. The number of nitrogens with one attached hydrogen (secondary N) is 1. The summed E-state index contributed by atoms with van der Waals surface area (Å²) >= 11 is 0. The van der Waals surface area contributed by atoms with Crippen molar-refractivity contribution in [3.8, 4) is 11.5 Å². The number of para-hydroxylation sites is 1. The van der Waals surface area contributed by atoms with Crippen molar-refractivity contribution in [2.24, 2.45) is 0 Å². The van der Waals surface area contributed by atoms with Gasteiger partial charge in [0, 0.05) is 5.69 Å². The molecule has 4 nitrogen and oxygen atoms in total. The van der Waals surface area contributed by atoms with Crippen LogP contribution in [0.3, 0.4) is 0 Å². The van der Waals surface area contributed by atoms with Crippen LogP contribution in [0.2, 0.25) is 0 Å². The number of anilines is 1. The summed E-state index contributed by atoms with van der Waals surface area (Å²) in [6.07, 6.45) is -4.48. The number of benzene rings is 3. The Bertz CT molecular complexity index is 1000. The van der Waals surface area contributed by atoms with E-state index in [9.17, 15) is 21.6 Å². The molecule has 0 atom stereocenters. The molecule has 27 heavy (non-hydrogen) atoms. The Kier molecular flexibility index (Phi) is 5.09. The van der Waals surface area contributed by atoms with Gasteiger partial charge >= 0.3 is 6.18 Å². The highest BCUT2D eigenvalue weighted by Gasteiger charge is 2.30. The fourth-order valence-corrected chi connectivity index (χ4v) is 3.31. The van der Waals surface area contributed by atoms with Crippen LogP contribution in [0.15, 0.2) is 83.8 Å². The van der Waals surface area contributed by atoms with Crippen molar-refractivity contribution in [1.29, 1.82) is 0 Å². The van der Waals surface area contributed by atoms with Gasteiger partial charge in [0.2, 0.25) is 0 Å². The van der Waals surface area contributed by atoms with Crippen LogP contribution in [-0.2, 0) is 16.2 Å². The van der Waals surface area contributed by atoms with E-state index in [4.69, 9.17) is 4.74 Å². The van der Waals surface area contributed by atoms with E-state index in [1.807, 2.05) is 18.2 Å². The molecule has 0 aliphatic heterocycles. The molecule has 0 amide bonds. The molecule has 0 spiro atoms. The minimum absolute atomic E-state index is 0.0348. The molecule has 8 heteroatoms. The second kappa shape index (κ2) is 7.32. The molecule has 0 unspecified atom stereocenters. The molecule has 0 fully saturated rings. The molecular formula is C19H14F3NO3S. The third kappa shape index (κ3) is 4.79. The quantitative estimate of drug-likeness (QED) is 0.640. The summed E-state index contributed by atoms with van der Waals surface area (Å²) in [5, 5.41) is 0. The van der Waals surface area contributed by atoms with Crippen LogP contribution in [0.5, 0.6) is 11.5 Å². The number of sulfonamides is 1. The minimum atomic E-state index is -4.48. The van der Waals surface area contributed by atoms with Crippen molar-refractivity contribution in [3.05, 3.63) is 84.4 Å². The van der Waals surface area contributed by atoms with Crippen LogP contribution >= 0.6 is 0 Å². The van der Waals surface area contributed by atoms with Crippen molar-refractivity contribution >= 4 is 15.7 Å². The van der Waals surface area contributed by atoms with Crippen molar-refractivity contribution in [1.82, 2.24) is 0 Å². The summed E-state index contributed by atoms with van der Waals surface area (Å²) in [6.45, 7) is 0. The Morgan fingerprint density at radius 2 is 1.30 bits per heavy atom. The number of rotatable bonds is 5. The second-order valence-corrected chi connectivity index (χ2v) is 7.25. The van der Waals surface area contributed by atoms with Crippen molar-refractivity contribution in [2.75, 3.05) is 4.72 Å². The Labute approximate surface area is 154 Å². The van der Waals surface area contributed by atoms with Gasteiger partial charge in [-0.1, -0.05) is 18.2 Å². The summed E-state index contributed by atoms with van der Waals surface area (Å²) in [7, 11) is -3.94. The van der Waals surface area contributed by atoms with Gasteiger partial charge in [-0.2, -0.15) is 13.2 Å². The van der Waals surface area contributed by atoms with Crippen molar-refractivity contribution in [3.63, 3.8) is 0 Å². The molecule has 1 N–H and O–H groups in total. The van der Waals surface area contributed by atoms with Gasteiger partial charge in [-0.05, 0) is 60.7 Å². The van der Waals surface area contributed by atoms with Gasteiger partial charge in [-0.15, -0.1) is 0 Å². The first-order valence-corrected chi connectivity index (χ1v) is 9.25. The highest BCUT2D eigenvalue weighted by atomic mass is 32.2. The molecule has 3 aromatic carbocycles. The minimum Gasteiger partial charge on any atom is -0.457 e. The normalized spacial score (nSPS) is 11.8. The second-order valence-electron chi connectivity index (χ2n) is 5.57. The molecule has 0 radical (unpaired) electrons. The Balaban J connectivity index is 1.73. The topological polar surface area (TPSA) is 55.4 Å². The number of ether oxygens (including phenoxy) is 1. The molecule has 0 heterocycles. The lowest BCUT2D eigenvalue weighted by Gasteiger charge is -2.11. The largest absolute Gasteiger partial charge is 0.457 e. The standard InChI is InChI=1S/C19H14F3NO3S/c20-19(21,22)14-6-8-15(9-7-14)23-27(24,25)18-12-10-17(11-13-18)26-16-4-2-1-3-5-16/h1-13,23H. The zero-order valence-electron chi connectivity index (χ0n) is 13.8. The van der Waals surface area contributed by atoms with Gasteiger partial charge in [0.15, 0.2) is 0 Å². The van der Waals surface area contributed by atoms with E-state index < -0.39 is 21.8 Å². The van der Waals surface area contributed by atoms with Crippen LogP contribution < -0.4 is 9.46 Å². The van der Waals surface area contributed by atoms with Gasteiger partial charge < -0.3 is 4.74 Å². The summed E-state index contributed by atoms with van der Waals surface area (Å²) < 4.78 is 70.3. The lowest BCUT2D eigenvalue weighted by atomic mass is 10.2. The molecule has 0 aromatic heterocycles. The number of hydrogen-bond donors (Lipinski definition) is 1. The van der Waals surface area contributed by atoms with E-state index in [0.717, 1.165) is 24.3 Å². The first-order valence-electron chi connectivity index (χ1n) is 7.77. The predicted octanol–water partition coefficient (Wildman–Crippen LogP) is 5.30. The predicted molar refractivity (Wildman–Crippen MR) is 95.2 cm³/mol. The van der Waals surface area contributed by atoms with E-state index in [1.165, 1.54) is 24.3 Å². The monoisotopic (exact) mass is 393 g/mol. The van der Waals surface area contributed by atoms with E-state index in [0.29, 0.717) is 11.5 Å². The van der Waals surface area contributed by atoms with E-state index in [1.54, 1.807) is 12.1 Å². The molecular weight excluding hydrogens is 379 g/mol. The zero-order valence-corrected chi connectivity index (χ0v) is 14.6. The van der Waals surface area contributed by atoms with Gasteiger partial charge in [0.1, 0.15) is 11.5 Å². The molecule has 0 aliphatic carbocycles. The Morgan fingerprint density at radius 3 is 1.85 bits per heavy atom. The Hall–Kier alpha value is -3.00. The molecule has 0 bridgehead atoms. The van der Waals surface area contributed by atoms with Crippen molar-refractivity contribution < 1.29 is 26.3 Å². The van der Waals surface area contributed by atoms with Crippen molar-refractivity contribution in [2.45, 2.75) is 11.1 Å². The van der Waals surface area contributed by atoms with Crippen LogP contribution in [0.1, 0.15) is 5.56 Å². The molecule has 3 rings (SSSR count). The summed E-state index contributed by atoms with van der Waals surface area (Å²) in [6, 6.07) is 18.4. The zero-order chi connectivity index (χ0) is 19.5. The molecule has 140 valence electrons. The fourth-order valence-electron chi connectivity index (χ4n) is 2.25. The van der Waals surface area contributed by atoms with E-state index in [2.05, 4.69) is 4.72 Å². The maximum atomic E-state index is 12.6. The highest BCUT2D eigenvalue weighted by molar-refractivity contribution is 7.92. The third-order valence-electron chi connectivity index (χ3n) is 3.58. The molecule has 3 aromatic rings. The maximum Gasteiger partial charge on any atom is 0.416 e. The van der Waals surface area contributed by atoms with Gasteiger partial charge in [-0.25, -0.2) is 8.42 Å². The van der Waals surface area contributed by atoms with Gasteiger partial charge in [0.05, 0.1) is 10.5 Å². The number of halogens is 3. The summed E-state index contributed by atoms with van der Waals surface area (Å²) in [4.78, 5) is -0.0391.